The van der Waals surface area contributed by atoms with E-state index in [1.54, 1.807) is 6.92 Å². The largest absolute Gasteiger partial charge is 0.462 e. The van der Waals surface area contributed by atoms with Gasteiger partial charge in [-0.3, -0.25) is 0 Å². The molecule has 0 aromatic carbocycles. The van der Waals surface area contributed by atoms with Crippen LogP contribution in [-0.2, 0) is 9.53 Å². The van der Waals surface area contributed by atoms with Crippen LogP contribution in [0.2, 0.25) is 0 Å². The summed E-state index contributed by atoms with van der Waals surface area (Å²) >= 11 is 0. The third-order valence-corrected chi connectivity index (χ3v) is 4.65. The fourth-order valence-corrected chi connectivity index (χ4v) is 2.99. The van der Waals surface area contributed by atoms with Crippen molar-refractivity contribution in [2.75, 3.05) is 6.61 Å². The zero-order valence-corrected chi connectivity index (χ0v) is 17.6. The molecule has 0 spiro atoms. The van der Waals surface area contributed by atoms with Gasteiger partial charge in [-0.15, -0.1) is 0 Å². The minimum atomic E-state index is -0.255. The predicted molar refractivity (Wildman–Crippen MR) is 110 cm³/mol. The van der Waals surface area contributed by atoms with Crippen molar-refractivity contribution in [3.8, 4) is 0 Å². The van der Waals surface area contributed by atoms with Crippen LogP contribution in [0.15, 0.2) is 12.2 Å². The van der Waals surface area contributed by atoms with E-state index in [4.69, 9.17) is 4.74 Å². The molecule has 0 aromatic rings. The van der Waals surface area contributed by atoms with Crippen LogP contribution in [0, 0.1) is 5.41 Å². The number of hydrogen-bond acceptors (Lipinski definition) is 2. The Hall–Kier alpha value is -0.790. The Morgan fingerprint density at radius 3 is 1.44 bits per heavy atom. The van der Waals surface area contributed by atoms with Crippen molar-refractivity contribution < 1.29 is 9.53 Å². The van der Waals surface area contributed by atoms with Gasteiger partial charge in [-0.2, -0.15) is 0 Å². The zero-order chi connectivity index (χ0) is 19.0. The van der Waals surface area contributed by atoms with E-state index in [9.17, 15) is 4.79 Å². The number of hydrogen-bond donors (Lipinski definition) is 0. The second-order valence-corrected chi connectivity index (χ2v) is 8.82. The normalized spacial score (nSPS) is 11.5. The molecule has 2 heteroatoms. The monoisotopic (exact) mass is 352 g/mol. The van der Waals surface area contributed by atoms with E-state index in [1.165, 1.54) is 77.0 Å². The molecule has 0 amide bonds. The van der Waals surface area contributed by atoms with Crippen molar-refractivity contribution in [3.63, 3.8) is 0 Å². The van der Waals surface area contributed by atoms with E-state index in [0.29, 0.717) is 17.6 Å². The molecule has 0 N–H and O–H groups in total. The third kappa shape index (κ3) is 19.4. The van der Waals surface area contributed by atoms with E-state index in [0.717, 1.165) is 12.8 Å². The van der Waals surface area contributed by atoms with E-state index in [-0.39, 0.29) is 5.97 Å². The molecule has 0 rings (SSSR count). The van der Waals surface area contributed by atoms with Crippen LogP contribution in [0.5, 0.6) is 0 Å². The van der Waals surface area contributed by atoms with Crippen LogP contribution in [0.25, 0.3) is 0 Å². The van der Waals surface area contributed by atoms with Gasteiger partial charge >= 0.3 is 5.97 Å². The average molecular weight is 353 g/mol. The van der Waals surface area contributed by atoms with E-state index < -0.39 is 0 Å². The van der Waals surface area contributed by atoms with Crippen LogP contribution in [-0.4, -0.2) is 12.6 Å². The maximum absolute atomic E-state index is 11.2. The summed E-state index contributed by atoms with van der Waals surface area (Å²) < 4.78 is 5.09. The molecule has 0 saturated heterocycles. The predicted octanol–water partition coefficient (Wildman–Crippen LogP) is 7.61. The summed E-state index contributed by atoms with van der Waals surface area (Å²) in [4.78, 5) is 11.2. The number of ether oxygens (including phenoxy) is 1. The van der Waals surface area contributed by atoms with E-state index >= 15 is 0 Å². The minimum Gasteiger partial charge on any atom is -0.462 e. The SMILES string of the molecule is C=C(C)C(=O)OCCCCCCCCCCCCCCCC(C)(C)C. The molecule has 0 aliphatic carbocycles. The molecule has 0 aliphatic rings. The Morgan fingerprint density at radius 2 is 1.08 bits per heavy atom. The third-order valence-electron chi connectivity index (χ3n) is 4.65. The van der Waals surface area contributed by atoms with E-state index in [1.807, 2.05) is 0 Å². The van der Waals surface area contributed by atoms with Gasteiger partial charge in [-0.25, -0.2) is 4.79 Å². The molecule has 0 saturated carbocycles. The van der Waals surface area contributed by atoms with Crippen molar-refractivity contribution in [2.24, 2.45) is 5.41 Å². The summed E-state index contributed by atoms with van der Waals surface area (Å²) in [6.45, 7) is 12.8. The quantitative estimate of drug-likeness (QED) is 0.162. The fourth-order valence-electron chi connectivity index (χ4n) is 2.99. The maximum atomic E-state index is 11.2. The topological polar surface area (TPSA) is 26.3 Å². The molecule has 0 unspecified atom stereocenters. The van der Waals surface area contributed by atoms with Crippen LogP contribution < -0.4 is 0 Å². The molecule has 0 heterocycles. The van der Waals surface area contributed by atoms with Crippen molar-refractivity contribution in [1.82, 2.24) is 0 Å². The summed E-state index contributed by atoms with van der Waals surface area (Å²) in [6, 6.07) is 0. The first-order valence-corrected chi connectivity index (χ1v) is 10.7. The maximum Gasteiger partial charge on any atom is 0.333 e. The van der Waals surface area contributed by atoms with Crippen molar-refractivity contribution >= 4 is 5.97 Å². The Morgan fingerprint density at radius 1 is 0.720 bits per heavy atom. The van der Waals surface area contributed by atoms with Crippen molar-refractivity contribution in [1.29, 1.82) is 0 Å². The Labute approximate surface area is 157 Å². The Kier molecular flexibility index (Phi) is 15.0. The molecule has 0 fully saturated rings. The molecular formula is C23H44O2. The number of carbonyl (C=O) groups excluding carboxylic acids is 1. The van der Waals surface area contributed by atoms with Crippen LogP contribution in [0.1, 0.15) is 118 Å². The summed E-state index contributed by atoms with van der Waals surface area (Å²) in [5, 5.41) is 0. The lowest BCUT2D eigenvalue weighted by Crippen LogP contribution is -2.05. The van der Waals surface area contributed by atoms with Gasteiger partial charge < -0.3 is 4.74 Å². The van der Waals surface area contributed by atoms with Gasteiger partial charge in [0.05, 0.1) is 6.61 Å². The zero-order valence-electron chi connectivity index (χ0n) is 17.6. The molecule has 2 nitrogen and oxygen atoms in total. The van der Waals surface area contributed by atoms with Gasteiger partial charge in [0.1, 0.15) is 0 Å². The van der Waals surface area contributed by atoms with Crippen molar-refractivity contribution in [2.45, 2.75) is 118 Å². The summed E-state index contributed by atoms with van der Waals surface area (Å²) in [6.07, 6.45) is 18.7. The molecular weight excluding hydrogens is 308 g/mol. The second kappa shape index (κ2) is 15.5. The van der Waals surface area contributed by atoms with Gasteiger partial charge in [-0.05, 0) is 25.2 Å². The highest BCUT2D eigenvalue weighted by Gasteiger charge is 2.08. The smallest absolute Gasteiger partial charge is 0.333 e. The van der Waals surface area contributed by atoms with Crippen LogP contribution >= 0.6 is 0 Å². The second-order valence-electron chi connectivity index (χ2n) is 8.82. The number of esters is 1. The molecule has 0 atom stereocenters. The average Bonchev–Trinajstić information content (AvgIpc) is 2.53. The van der Waals surface area contributed by atoms with Gasteiger partial charge in [0.2, 0.25) is 0 Å². The molecule has 0 aromatic heterocycles. The number of unbranched alkanes of at least 4 members (excludes halogenated alkanes) is 12. The summed E-state index contributed by atoms with van der Waals surface area (Å²) in [5.41, 5.74) is 1.000. The first kappa shape index (κ1) is 24.2. The van der Waals surface area contributed by atoms with Gasteiger partial charge in [0, 0.05) is 5.57 Å². The van der Waals surface area contributed by atoms with Gasteiger partial charge in [0.25, 0.3) is 0 Å². The fraction of sp³-hybridized carbons (Fsp3) is 0.870. The molecule has 0 bridgehead atoms. The van der Waals surface area contributed by atoms with Crippen molar-refractivity contribution in [3.05, 3.63) is 12.2 Å². The highest BCUT2D eigenvalue weighted by atomic mass is 16.5. The molecule has 148 valence electrons. The first-order chi connectivity index (χ1) is 11.8. The molecule has 0 radical (unpaired) electrons. The highest BCUT2D eigenvalue weighted by Crippen LogP contribution is 2.22. The highest BCUT2D eigenvalue weighted by molar-refractivity contribution is 5.86. The summed E-state index contributed by atoms with van der Waals surface area (Å²) in [7, 11) is 0. The number of rotatable bonds is 16. The lowest BCUT2D eigenvalue weighted by molar-refractivity contribution is -0.139. The minimum absolute atomic E-state index is 0.255. The first-order valence-electron chi connectivity index (χ1n) is 10.7. The number of carbonyl (C=O) groups is 1. The van der Waals surface area contributed by atoms with Gasteiger partial charge in [-0.1, -0.05) is 104 Å². The van der Waals surface area contributed by atoms with Gasteiger partial charge in [0.15, 0.2) is 0 Å². The van der Waals surface area contributed by atoms with Crippen LogP contribution in [0.4, 0.5) is 0 Å². The Bertz CT molecular complexity index is 338. The standard InChI is InChI=1S/C23H44O2/c1-21(2)22(24)25-20-18-16-14-12-10-8-6-7-9-11-13-15-17-19-23(3,4)5/h1,6-20H2,2-5H3. The molecule has 0 aliphatic heterocycles. The summed E-state index contributed by atoms with van der Waals surface area (Å²) in [5.74, 6) is -0.255. The van der Waals surface area contributed by atoms with E-state index in [2.05, 4.69) is 27.4 Å². The lowest BCUT2D eigenvalue weighted by atomic mass is 9.89. The van der Waals surface area contributed by atoms with Crippen LogP contribution in [0.3, 0.4) is 0 Å². The lowest BCUT2D eigenvalue weighted by Gasteiger charge is -2.17. The Balaban J connectivity index is 3.12. The molecule has 25 heavy (non-hydrogen) atoms.